The molecule has 1 N–H and O–H groups in total. The van der Waals surface area contributed by atoms with Crippen LogP contribution in [0.4, 0.5) is 30.7 Å². The Bertz CT molecular complexity index is 585. The lowest BCUT2D eigenvalue weighted by molar-refractivity contribution is -0.350. The maximum atomic E-state index is 13.6. The number of carbonyl (C=O) groups excluding carboxylic acids is 2. The van der Waals surface area contributed by atoms with Gasteiger partial charge in [-0.3, -0.25) is 4.79 Å². The van der Waals surface area contributed by atoms with E-state index in [1.165, 1.54) is 0 Å². The minimum Gasteiger partial charge on any atom is -0.412 e. The molecular weight excluding hydrogens is 403 g/mol. The number of halogens is 7. The third-order valence-corrected chi connectivity index (χ3v) is 3.29. The molecule has 1 unspecified atom stereocenters. The van der Waals surface area contributed by atoms with Gasteiger partial charge in [0.25, 0.3) is 0 Å². The van der Waals surface area contributed by atoms with Gasteiger partial charge in [-0.1, -0.05) is 20.4 Å². The number of nitrogens with one attached hydrogen (secondary N) is 1. The van der Waals surface area contributed by atoms with Crippen LogP contribution in [-0.4, -0.2) is 48.8 Å². The standard InChI is InChI=1S/C16H22F7NO4/c1-9(2)8-24-12(26)15(16(21,22)23,28-11(25)10(3)4)27-7-6-14(19,20)13(5,17)18/h9H,3,6-8H2,1-2,4-5H3,(H,24,26). The van der Waals surface area contributed by atoms with Gasteiger partial charge in [-0.05, 0) is 12.8 Å². The number of alkyl halides is 7. The molecule has 0 aromatic carbocycles. The third-order valence-electron chi connectivity index (χ3n) is 3.29. The van der Waals surface area contributed by atoms with Gasteiger partial charge in [-0.15, -0.1) is 0 Å². The topological polar surface area (TPSA) is 64.6 Å². The van der Waals surface area contributed by atoms with E-state index in [0.717, 1.165) is 6.92 Å². The highest BCUT2D eigenvalue weighted by atomic mass is 19.4. The quantitative estimate of drug-likeness (QED) is 0.250. The molecular formula is C16H22F7NO4. The van der Waals surface area contributed by atoms with Crippen molar-refractivity contribution in [2.24, 2.45) is 5.92 Å². The molecule has 0 aliphatic carbocycles. The van der Waals surface area contributed by atoms with Crippen LogP contribution in [0.25, 0.3) is 0 Å². The number of rotatable bonds is 10. The minimum absolute atomic E-state index is 0.125. The summed E-state index contributed by atoms with van der Waals surface area (Å²) in [5.41, 5.74) is -0.542. The average molecular weight is 425 g/mol. The molecule has 1 amide bonds. The van der Waals surface area contributed by atoms with E-state index in [9.17, 15) is 40.3 Å². The Hall–Kier alpha value is -1.85. The van der Waals surface area contributed by atoms with Crippen LogP contribution in [0.1, 0.15) is 34.1 Å². The van der Waals surface area contributed by atoms with Crippen molar-refractivity contribution < 1.29 is 49.8 Å². The smallest absolute Gasteiger partial charge is 0.412 e. The van der Waals surface area contributed by atoms with Crippen LogP contribution in [0.3, 0.4) is 0 Å². The molecule has 0 bridgehead atoms. The Morgan fingerprint density at radius 1 is 1.07 bits per heavy atom. The van der Waals surface area contributed by atoms with Crippen molar-refractivity contribution in [3.8, 4) is 0 Å². The zero-order valence-electron chi connectivity index (χ0n) is 15.7. The van der Waals surface area contributed by atoms with Crippen LogP contribution in [-0.2, 0) is 19.1 Å². The fourth-order valence-electron chi connectivity index (χ4n) is 1.58. The fraction of sp³-hybridized carbons (Fsp3) is 0.750. The van der Waals surface area contributed by atoms with Crippen molar-refractivity contribution in [2.75, 3.05) is 13.2 Å². The molecule has 0 aromatic rings. The van der Waals surface area contributed by atoms with Gasteiger partial charge < -0.3 is 14.8 Å². The first-order chi connectivity index (χ1) is 12.4. The van der Waals surface area contributed by atoms with E-state index in [1.54, 1.807) is 13.8 Å². The number of amides is 1. The average Bonchev–Trinajstić information content (AvgIpc) is 2.48. The maximum Gasteiger partial charge on any atom is 0.466 e. The van der Waals surface area contributed by atoms with E-state index in [2.05, 4.69) is 16.1 Å². The van der Waals surface area contributed by atoms with Crippen LogP contribution < -0.4 is 5.32 Å². The number of hydrogen-bond acceptors (Lipinski definition) is 4. The van der Waals surface area contributed by atoms with E-state index >= 15 is 0 Å². The Balaban J connectivity index is 5.81. The molecule has 0 saturated carbocycles. The van der Waals surface area contributed by atoms with Gasteiger partial charge in [0, 0.05) is 25.5 Å². The summed E-state index contributed by atoms with van der Waals surface area (Å²) in [7, 11) is 0. The van der Waals surface area contributed by atoms with Crippen molar-refractivity contribution >= 4 is 11.9 Å². The van der Waals surface area contributed by atoms with Gasteiger partial charge in [0.2, 0.25) is 0 Å². The van der Waals surface area contributed by atoms with Crippen LogP contribution in [0.15, 0.2) is 12.2 Å². The molecule has 1 atom stereocenters. The zero-order chi connectivity index (χ0) is 22.6. The van der Waals surface area contributed by atoms with E-state index in [1.807, 2.05) is 5.32 Å². The van der Waals surface area contributed by atoms with Gasteiger partial charge in [0.15, 0.2) is 0 Å². The fourth-order valence-corrected chi connectivity index (χ4v) is 1.58. The number of ether oxygens (including phenoxy) is 2. The highest BCUT2D eigenvalue weighted by molar-refractivity contribution is 5.92. The molecule has 0 fully saturated rings. The van der Waals surface area contributed by atoms with Crippen molar-refractivity contribution in [3.63, 3.8) is 0 Å². The predicted molar refractivity (Wildman–Crippen MR) is 83.7 cm³/mol. The highest BCUT2D eigenvalue weighted by Crippen LogP contribution is 2.39. The lowest BCUT2D eigenvalue weighted by Gasteiger charge is -2.34. The van der Waals surface area contributed by atoms with E-state index < -0.39 is 54.3 Å². The van der Waals surface area contributed by atoms with Gasteiger partial charge in [-0.2, -0.15) is 22.0 Å². The lowest BCUT2D eigenvalue weighted by Crippen LogP contribution is -2.62. The molecule has 0 radical (unpaired) electrons. The molecule has 0 rings (SSSR count). The molecule has 28 heavy (non-hydrogen) atoms. The van der Waals surface area contributed by atoms with Crippen molar-refractivity contribution in [1.29, 1.82) is 0 Å². The molecule has 164 valence electrons. The summed E-state index contributed by atoms with van der Waals surface area (Å²) in [6.45, 7) is 5.03. The first kappa shape index (κ1) is 26.1. The van der Waals surface area contributed by atoms with Gasteiger partial charge in [-0.25, -0.2) is 13.6 Å². The van der Waals surface area contributed by atoms with E-state index in [4.69, 9.17) is 0 Å². The van der Waals surface area contributed by atoms with Gasteiger partial charge >= 0.3 is 35.7 Å². The summed E-state index contributed by atoms with van der Waals surface area (Å²) >= 11 is 0. The molecule has 0 aliphatic rings. The summed E-state index contributed by atoms with van der Waals surface area (Å²) < 4.78 is 101. The third kappa shape index (κ3) is 6.64. The number of esters is 1. The monoisotopic (exact) mass is 425 g/mol. The summed E-state index contributed by atoms with van der Waals surface area (Å²) in [6.07, 6.45) is -7.57. The molecule has 0 aromatic heterocycles. The van der Waals surface area contributed by atoms with Crippen LogP contribution in [0.5, 0.6) is 0 Å². The molecule has 5 nitrogen and oxygen atoms in total. The van der Waals surface area contributed by atoms with Crippen molar-refractivity contribution in [3.05, 3.63) is 12.2 Å². The molecule has 0 heterocycles. The summed E-state index contributed by atoms with van der Waals surface area (Å²) in [6, 6.07) is 0. The number of hydrogen-bond donors (Lipinski definition) is 1. The first-order valence-electron chi connectivity index (χ1n) is 8.01. The normalized spacial score (nSPS) is 15.1. The Labute approximate surface area is 157 Å². The second kappa shape index (κ2) is 9.10. The van der Waals surface area contributed by atoms with Crippen LogP contribution in [0, 0.1) is 5.92 Å². The zero-order valence-corrected chi connectivity index (χ0v) is 15.7. The Kier molecular flexibility index (Phi) is 8.50. The molecule has 0 spiro atoms. The maximum absolute atomic E-state index is 13.6. The predicted octanol–water partition coefficient (Wildman–Crippen LogP) is 3.83. The van der Waals surface area contributed by atoms with Crippen molar-refractivity contribution in [1.82, 2.24) is 5.32 Å². The molecule has 0 aliphatic heterocycles. The Morgan fingerprint density at radius 3 is 1.93 bits per heavy atom. The van der Waals surface area contributed by atoms with Crippen LogP contribution in [0.2, 0.25) is 0 Å². The minimum atomic E-state index is -5.71. The summed E-state index contributed by atoms with van der Waals surface area (Å²) in [4.78, 5) is 23.7. The molecule has 0 saturated heterocycles. The van der Waals surface area contributed by atoms with E-state index in [-0.39, 0.29) is 19.4 Å². The Morgan fingerprint density at radius 2 is 1.57 bits per heavy atom. The summed E-state index contributed by atoms with van der Waals surface area (Å²) in [5.74, 6) is -17.6. The summed E-state index contributed by atoms with van der Waals surface area (Å²) in [5, 5.41) is 1.83. The van der Waals surface area contributed by atoms with E-state index in [0.29, 0.717) is 0 Å². The van der Waals surface area contributed by atoms with Gasteiger partial charge in [0.05, 0.1) is 6.61 Å². The van der Waals surface area contributed by atoms with Crippen LogP contribution >= 0.6 is 0 Å². The second-order valence-corrected chi connectivity index (χ2v) is 6.58. The lowest BCUT2D eigenvalue weighted by atomic mass is 10.1. The number of carbonyl (C=O) groups is 2. The first-order valence-corrected chi connectivity index (χ1v) is 8.01. The van der Waals surface area contributed by atoms with Gasteiger partial charge in [0.1, 0.15) is 0 Å². The largest absolute Gasteiger partial charge is 0.466 e. The van der Waals surface area contributed by atoms with Crippen molar-refractivity contribution in [2.45, 2.75) is 57.9 Å². The highest BCUT2D eigenvalue weighted by Gasteiger charge is 2.66. The molecule has 12 heteroatoms. The second-order valence-electron chi connectivity index (χ2n) is 6.58. The SMILES string of the molecule is C=C(C)C(=O)OC(OCCC(F)(F)C(C)(F)F)(C(=O)NCC(C)C)C(F)(F)F.